The molecule has 2 aromatic carbocycles. The smallest absolute Gasteiger partial charge is 0.0435 e. The highest BCUT2D eigenvalue weighted by molar-refractivity contribution is 5.74. The summed E-state index contributed by atoms with van der Waals surface area (Å²) in [7, 11) is 0. The number of rotatable bonds is 1. The molecule has 3 aliphatic rings. The molecule has 0 radical (unpaired) electrons. The fourth-order valence-corrected chi connectivity index (χ4v) is 4.91. The molecule has 0 amide bonds. The van der Waals surface area contributed by atoms with Crippen LogP contribution in [0.1, 0.15) is 29.9 Å². The Bertz CT molecular complexity index is 722. The standard InChI is InChI=1S/C21H24N2/c1-2-5-15(6-3-1)18-11-16-7-4-10-23-14-17-8-9-22-13-20(17)19(12-18)21(16)23/h1-3,5-6,11-12,17,20,22H,4,7-10,13-14H2. The van der Waals surface area contributed by atoms with E-state index in [1.807, 2.05) is 0 Å². The van der Waals surface area contributed by atoms with E-state index in [0.717, 1.165) is 12.5 Å². The summed E-state index contributed by atoms with van der Waals surface area (Å²) in [5.74, 6) is 1.54. The molecule has 2 nitrogen and oxygen atoms in total. The van der Waals surface area contributed by atoms with Crippen molar-refractivity contribution >= 4 is 5.69 Å². The lowest BCUT2D eigenvalue weighted by Crippen LogP contribution is -2.47. The van der Waals surface area contributed by atoms with Gasteiger partial charge in [-0.3, -0.25) is 0 Å². The van der Waals surface area contributed by atoms with Crippen LogP contribution in [-0.4, -0.2) is 26.2 Å². The number of anilines is 1. The van der Waals surface area contributed by atoms with E-state index in [0.29, 0.717) is 5.92 Å². The lowest BCUT2D eigenvalue weighted by Gasteiger charge is -2.46. The van der Waals surface area contributed by atoms with Gasteiger partial charge < -0.3 is 10.2 Å². The van der Waals surface area contributed by atoms with Crippen LogP contribution in [-0.2, 0) is 6.42 Å². The van der Waals surface area contributed by atoms with Crippen LogP contribution in [0, 0.1) is 5.92 Å². The lowest BCUT2D eigenvalue weighted by molar-refractivity contribution is 0.309. The van der Waals surface area contributed by atoms with Gasteiger partial charge in [0.05, 0.1) is 0 Å². The van der Waals surface area contributed by atoms with E-state index in [-0.39, 0.29) is 0 Å². The van der Waals surface area contributed by atoms with Crippen molar-refractivity contribution in [3.8, 4) is 11.1 Å². The Hall–Kier alpha value is -1.80. The second-order valence-corrected chi connectivity index (χ2v) is 7.35. The fraction of sp³-hybridized carbons (Fsp3) is 0.429. The Kier molecular flexibility index (Phi) is 3.19. The maximum Gasteiger partial charge on any atom is 0.0435 e. The highest BCUT2D eigenvalue weighted by atomic mass is 15.2. The number of aryl methyl sites for hydroxylation is 1. The minimum Gasteiger partial charge on any atom is -0.371 e. The molecule has 3 heterocycles. The van der Waals surface area contributed by atoms with Crippen molar-refractivity contribution in [2.45, 2.75) is 25.2 Å². The van der Waals surface area contributed by atoms with Gasteiger partial charge in [-0.05, 0) is 66.1 Å². The van der Waals surface area contributed by atoms with Gasteiger partial charge in [0.1, 0.15) is 0 Å². The molecule has 1 fully saturated rings. The van der Waals surface area contributed by atoms with Gasteiger partial charge in [-0.1, -0.05) is 30.3 Å². The van der Waals surface area contributed by atoms with E-state index in [1.54, 1.807) is 16.8 Å². The van der Waals surface area contributed by atoms with Gasteiger partial charge in [0.25, 0.3) is 0 Å². The number of piperidine rings is 1. The third-order valence-electron chi connectivity index (χ3n) is 6.00. The number of nitrogens with one attached hydrogen (secondary N) is 1. The summed E-state index contributed by atoms with van der Waals surface area (Å²) in [4.78, 5) is 2.69. The highest BCUT2D eigenvalue weighted by Crippen LogP contribution is 2.46. The third-order valence-corrected chi connectivity index (χ3v) is 6.00. The van der Waals surface area contributed by atoms with E-state index >= 15 is 0 Å². The monoisotopic (exact) mass is 304 g/mol. The first-order valence-electron chi connectivity index (χ1n) is 9.08. The van der Waals surface area contributed by atoms with Gasteiger partial charge in [0.2, 0.25) is 0 Å². The normalized spacial score (nSPS) is 25.7. The van der Waals surface area contributed by atoms with Gasteiger partial charge in [0.15, 0.2) is 0 Å². The molecule has 0 aromatic heterocycles. The summed E-state index contributed by atoms with van der Waals surface area (Å²) in [6.45, 7) is 4.87. The van der Waals surface area contributed by atoms with Crippen LogP contribution in [0.2, 0.25) is 0 Å². The molecule has 2 unspecified atom stereocenters. The largest absolute Gasteiger partial charge is 0.371 e. The SMILES string of the molecule is c1ccc(-c2cc3c4c(c2)C2CNCCC2CN4CCC3)cc1. The average Bonchev–Trinajstić information content (AvgIpc) is 2.62. The molecule has 3 aliphatic heterocycles. The number of benzene rings is 2. The first-order chi connectivity index (χ1) is 11.4. The molecule has 2 heteroatoms. The maximum atomic E-state index is 3.64. The van der Waals surface area contributed by atoms with Crippen molar-refractivity contribution in [3.05, 3.63) is 53.6 Å². The molecule has 1 saturated heterocycles. The summed E-state index contributed by atoms with van der Waals surface area (Å²) in [6, 6.07) is 15.8. The Balaban J connectivity index is 1.68. The van der Waals surface area contributed by atoms with Crippen LogP contribution in [0.15, 0.2) is 42.5 Å². The summed E-state index contributed by atoms with van der Waals surface area (Å²) in [5.41, 5.74) is 7.55. The van der Waals surface area contributed by atoms with Crippen LogP contribution in [0.25, 0.3) is 11.1 Å². The van der Waals surface area contributed by atoms with Crippen molar-refractivity contribution in [3.63, 3.8) is 0 Å². The molecular weight excluding hydrogens is 280 g/mol. The van der Waals surface area contributed by atoms with Gasteiger partial charge in [-0.25, -0.2) is 0 Å². The Morgan fingerprint density at radius 1 is 1.04 bits per heavy atom. The van der Waals surface area contributed by atoms with Gasteiger partial charge in [-0.15, -0.1) is 0 Å². The zero-order chi connectivity index (χ0) is 15.2. The van der Waals surface area contributed by atoms with Crippen LogP contribution < -0.4 is 10.2 Å². The summed E-state index contributed by atoms with van der Waals surface area (Å²) >= 11 is 0. The second kappa shape index (κ2) is 5.38. The van der Waals surface area contributed by atoms with Crippen LogP contribution in [0.3, 0.4) is 0 Å². The Morgan fingerprint density at radius 2 is 1.96 bits per heavy atom. The molecule has 0 bridgehead atoms. The summed E-state index contributed by atoms with van der Waals surface area (Å²) in [6.07, 6.45) is 3.87. The van der Waals surface area contributed by atoms with Crippen molar-refractivity contribution in [2.75, 3.05) is 31.1 Å². The zero-order valence-corrected chi connectivity index (χ0v) is 13.6. The average molecular weight is 304 g/mol. The minimum absolute atomic E-state index is 0.704. The molecule has 0 spiro atoms. The summed E-state index contributed by atoms with van der Waals surface area (Å²) in [5, 5.41) is 3.64. The number of hydrogen-bond acceptors (Lipinski definition) is 2. The van der Waals surface area contributed by atoms with Crippen LogP contribution in [0.5, 0.6) is 0 Å². The Morgan fingerprint density at radius 3 is 2.87 bits per heavy atom. The van der Waals surface area contributed by atoms with Crippen molar-refractivity contribution in [1.82, 2.24) is 5.32 Å². The third kappa shape index (κ3) is 2.20. The molecule has 2 atom stereocenters. The van der Waals surface area contributed by atoms with Crippen molar-refractivity contribution in [2.24, 2.45) is 5.92 Å². The van der Waals surface area contributed by atoms with Crippen LogP contribution in [0.4, 0.5) is 5.69 Å². The van der Waals surface area contributed by atoms with Gasteiger partial charge in [-0.2, -0.15) is 0 Å². The number of nitrogens with zero attached hydrogens (tertiary/aromatic N) is 1. The van der Waals surface area contributed by atoms with E-state index in [2.05, 4.69) is 52.7 Å². The molecule has 23 heavy (non-hydrogen) atoms. The first-order valence-corrected chi connectivity index (χ1v) is 9.08. The van der Waals surface area contributed by atoms with Gasteiger partial charge >= 0.3 is 0 Å². The minimum atomic E-state index is 0.704. The Labute approximate surface area is 138 Å². The molecule has 118 valence electrons. The van der Waals surface area contributed by atoms with E-state index < -0.39 is 0 Å². The first kappa shape index (κ1) is 13.6. The molecule has 1 N–H and O–H groups in total. The molecular formula is C21H24N2. The highest BCUT2D eigenvalue weighted by Gasteiger charge is 2.37. The van der Waals surface area contributed by atoms with Crippen molar-refractivity contribution in [1.29, 1.82) is 0 Å². The molecule has 0 aliphatic carbocycles. The topological polar surface area (TPSA) is 15.3 Å². The van der Waals surface area contributed by atoms with Crippen LogP contribution >= 0.6 is 0 Å². The summed E-state index contributed by atoms with van der Waals surface area (Å²) < 4.78 is 0. The van der Waals surface area contributed by atoms with E-state index in [9.17, 15) is 0 Å². The predicted molar refractivity (Wildman–Crippen MR) is 96.1 cm³/mol. The quantitative estimate of drug-likeness (QED) is 0.862. The molecule has 5 rings (SSSR count). The zero-order valence-electron chi connectivity index (χ0n) is 13.6. The second-order valence-electron chi connectivity index (χ2n) is 7.35. The van der Waals surface area contributed by atoms with Crippen molar-refractivity contribution < 1.29 is 0 Å². The predicted octanol–water partition coefficient (Wildman–Crippen LogP) is 3.81. The molecule has 0 saturated carbocycles. The molecule has 2 aromatic rings. The lowest BCUT2D eigenvalue weighted by atomic mass is 9.74. The van der Waals surface area contributed by atoms with Gasteiger partial charge in [0, 0.05) is 31.2 Å². The fourth-order valence-electron chi connectivity index (χ4n) is 4.91. The van der Waals surface area contributed by atoms with E-state index in [1.165, 1.54) is 50.0 Å². The number of hydrogen-bond donors (Lipinski definition) is 1. The maximum absolute atomic E-state index is 3.64. The van der Waals surface area contributed by atoms with E-state index in [4.69, 9.17) is 0 Å². The number of fused-ring (bicyclic) bond motifs is 2.